The zero-order chi connectivity index (χ0) is 17.0. The molecule has 1 aliphatic heterocycles. The highest BCUT2D eigenvalue weighted by atomic mass is 16.5. The Morgan fingerprint density at radius 1 is 1.43 bits per heavy atom. The summed E-state index contributed by atoms with van der Waals surface area (Å²) < 4.78 is 10.7. The van der Waals surface area contributed by atoms with Crippen molar-refractivity contribution in [3.05, 3.63) is 29.3 Å². The molecule has 2 unspecified atom stereocenters. The number of nitrogens with one attached hydrogen (secondary N) is 1. The average Bonchev–Trinajstić information content (AvgIpc) is 2.57. The van der Waals surface area contributed by atoms with Crippen molar-refractivity contribution in [2.24, 2.45) is 5.92 Å². The first-order valence-electron chi connectivity index (χ1n) is 7.51. The SMILES string of the molecule is CCC(C)C(NC(=O)C1=Cc2cc(OC)ccc2OC1)C(=O)O. The van der Waals surface area contributed by atoms with Crippen molar-refractivity contribution in [1.29, 1.82) is 0 Å². The number of carboxylic acid groups (broad SMARTS) is 1. The molecule has 1 heterocycles. The lowest BCUT2D eigenvalue weighted by Gasteiger charge is -2.23. The molecular formula is C17H21NO5. The van der Waals surface area contributed by atoms with Crippen molar-refractivity contribution in [2.75, 3.05) is 13.7 Å². The summed E-state index contributed by atoms with van der Waals surface area (Å²) in [6, 6.07) is 4.41. The van der Waals surface area contributed by atoms with Crippen LogP contribution >= 0.6 is 0 Å². The van der Waals surface area contributed by atoms with Gasteiger partial charge in [0.05, 0.1) is 12.7 Å². The van der Waals surface area contributed by atoms with Gasteiger partial charge in [-0.1, -0.05) is 20.3 Å². The number of benzene rings is 1. The number of methoxy groups -OCH3 is 1. The van der Waals surface area contributed by atoms with E-state index >= 15 is 0 Å². The molecule has 2 N–H and O–H groups in total. The number of ether oxygens (including phenoxy) is 2. The normalized spacial score (nSPS) is 15.5. The monoisotopic (exact) mass is 319 g/mol. The van der Waals surface area contributed by atoms with Crippen LogP contribution in [0.2, 0.25) is 0 Å². The molecule has 0 radical (unpaired) electrons. The molecule has 124 valence electrons. The molecule has 1 amide bonds. The van der Waals surface area contributed by atoms with Crippen molar-refractivity contribution in [2.45, 2.75) is 26.3 Å². The smallest absolute Gasteiger partial charge is 0.326 e. The van der Waals surface area contributed by atoms with E-state index in [1.54, 1.807) is 38.3 Å². The molecule has 2 atom stereocenters. The molecule has 1 aromatic carbocycles. The first-order chi connectivity index (χ1) is 11.0. The van der Waals surface area contributed by atoms with Gasteiger partial charge in [-0.2, -0.15) is 0 Å². The van der Waals surface area contributed by atoms with Crippen LogP contribution in [0, 0.1) is 5.92 Å². The summed E-state index contributed by atoms with van der Waals surface area (Å²) in [4.78, 5) is 23.7. The Morgan fingerprint density at radius 3 is 2.78 bits per heavy atom. The Kier molecular flexibility index (Phi) is 5.26. The van der Waals surface area contributed by atoms with Crippen LogP contribution in [-0.2, 0) is 9.59 Å². The van der Waals surface area contributed by atoms with Gasteiger partial charge < -0.3 is 19.9 Å². The van der Waals surface area contributed by atoms with E-state index in [4.69, 9.17) is 9.47 Å². The summed E-state index contributed by atoms with van der Waals surface area (Å²) in [5.74, 6) is -0.292. The molecule has 0 bridgehead atoms. The van der Waals surface area contributed by atoms with Gasteiger partial charge in [0.2, 0.25) is 0 Å². The largest absolute Gasteiger partial charge is 0.497 e. The average molecular weight is 319 g/mol. The fraction of sp³-hybridized carbons (Fsp3) is 0.412. The zero-order valence-corrected chi connectivity index (χ0v) is 13.5. The van der Waals surface area contributed by atoms with Gasteiger partial charge >= 0.3 is 5.97 Å². The fourth-order valence-electron chi connectivity index (χ4n) is 2.33. The van der Waals surface area contributed by atoms with Crippen molar-refractivity contribution in [3.63, 3.8) is 0 Å². The van der Waals surface area contributed by atoms with Gasteiger partial charge in [0.25, 0.3) is 5.91 Å². The third-order valence-electron chi connectivity index (χ3n) is 3.99. The third-order valence-corrected chi connectivity index (χ3v) is 3.99. The maximum atomic E-state index is 12.3. The molecule has 0 fully saturated rings. The first-order valence-corrected chi connectivity index (χ1v) is 7.51. The summed E-state index contributed by atoms with van der Waals surface area (Å²) >= 11 is 0. The Morgan fingerprint density at radius 2 is 2.17 bits per heavy atom. The Balaban J connectivity index is 2.19. The van der Waals surface area contributed by atoms with Crippen LogP contribution in [0.25, 0.3) is 6.08 Å². The molecule has 0 saturated carbocycles. The fourth-order valence-corrected chi connectivity index (χ4v) is 2.33. The highest BCUT2D eigenvalue weighted by Crippen LogP contribution is 2.30. The lowest BCUT2D eigenvalue weighted by Crippen LogP contribution is -2.46. The van der Waals surface area contributed by atoms with Gasteiger partial charge in [0.15, 0.2) is 0 Å². The molecule has 1 aromatic rings. The maximum absolute atomic E-state index is 12.3. The lowest BCUT2D eigenvalue weighted by atomic mass is 9.98. The summed E-state index contributed by atoms with van der Waals surface area (Å²) in [6.45, 7) is 3.79. The second kappa shape index (κ2) is 7.17. The van der Waals surface area contributed by atoms with Gasteiger partial charge in [0.1, 0.15) is 24.1 Å². The summed E-state index contributed by atoms with van der Waals surface area (Å²) in [6.07, 6.45) is 2.36. The van der Waals surface area contributed by atoms with E-state index in [1.807, 2.05) is 6.92 Å². The van der Waals surface area contributed by atoms with Crippen LogP contribution in [-0.4, -0.2) is 36.7 Å². The number of hydrogen-bond acceptors (Lipinski definition) is 4. The van der Waals surface area contributed by atoms with E-state index in [9.17, 15) is 14.7 Å². The molecule has 0 saturated heterocycles. The lowest BCUT2D eigenvalue weighted by molar-refractivity contribution is -0.142. The van der Waals surface area contributed by atoms with E-state index in [0.717, 1.165) is 5.56 Å². The summed E-state index contributed by atoms with van der Waals surface area (Å²) in [7, 11) is 1.56. The van der Waals surface area contributed by atoms with Crippen LogP contribution in [0.15, 0.2) is 23.8 Å². The molecule has 0 aliphatic carbocycles. The number of amides is 1. The van der Waals surface area contributed by atoms with Gasteiger partial charge in [-0.3, -0.25) is 4.79 Å². The predicted octanol–water partition coefficient (Wildman–Crippen LogP) is 2.09. The number of aliphatic carboxylic acids is 1. The standard InChI is InChI=1S/C17H21NO5/c1-4-10(2)15(17(20)21)18-16(19)12-7-11-8-13(22-3)5-6-14(11)23-9-12/h5-8,10,15H,4,9H2,1-3H3,(H,18,19)(H,20,21). The Labute approximate surface area is 135 Å². The van der Waals surface area contributed by atoms with Crippen molar-refractivity contribution in [3.8, 4) is 11.5 Å². The second-order valence-electron chi connectivity index (χ2n) is 5.54. The minimum atomic E-state index is -1.04. The van der Waals surface area contributed by atoms with Crippen LogP contribution in [0.5, 0.6) is 11.5 Å². The number of carboxylic acids is 1. The number of hydrogen-bond donors (Lipinski definition) is 2. The van der Waals surface area contributed by atoms with Gasteiger partial charge in [0, 0.05) is 5.56 Å². The van der Waals surface area contributed by atoms with Crippen LogP contribution in [0.1, 0.15) is 25.8 Å². The molecule has 2 rings (SSSR count). The maximum Gasteiger partial charge on any atom is 0.326 e. The second-order valence-corrected chi connectivity index (χ2v) is 5.54. The quantitative estimate of drug-likeness (QED) is 0.838. The van der Waals surface area contributed by atoms with Gasteiger partial charge in [-0.25, -0.2) is 4.79 Å². The van der Waals surface area contributed by atoms with Crippen LogP contribution in [0.4, 0.5) is 0 Å². The molecule has 6 heteroatoms. The molecule has 1 aliphatic rings. The van der Waals surface area contributed by atoms with Crippen molar-refractivity contribution >= 4 is 18.0 Å². The third kappa shape index (κ3) is 3.83. The topological polar surface area (TPSA) is 84.9 Å². The molecular weight excluding hydrogens is 298 g/mol. The van der Waals surface area contributed by atoms with E-state index in [-0.39, 0.29) is 12.5 Å². The molecule has 23 heavy (non-hydrogen) atoms. The Hall–Kier alpha value is -2.50. The zero-order valence-electron chi connectivity index (χ0n) is 13.5. The van der Waals surface area contributed by atoms with Crippen molar-refractivity contribution < 1.29 is 24.2 Å². The van der Waals surface area contributed by atoms with Crippen LogP contribution in [0.3, 0.4) is 0 Å². The first kappa shape index (κ1) is 16.9. The molecule has 0 aromatic heterocycles. The number of carbonyl (C=O) groups excluding carboxylic acids is 1. The minimum Gasteiger partial charge on any atom is -0.497 e. The number of fused-ring (bicyclic) bond motifs is 1. The van der Waals surface area contributed by atoms with Gasteiger partial charge in [-0.05, 0) is 30.2 Å². The number of carbonyl (C=O) groups is 2. The van der Waals surface area contributed by atoms with Crippen LogP contribution < -0.4 is 14.8 Å². The number of rotatable bonds is 6. The Bertz CT molecular complexity index is 638. The van der Waals surface area contributed by atoms with Gasteiger partial charge in [-0.15, -0.1) is 0 Å². The van der Waals surface area contributed by atoms with Crippen molar-refractivity contribution in [1.82, 2.24) is 5.32 Å². The molecule has 6 nitrogen and oxygen atoms in total. The minimum absolute atomic E-state index is 0.109. The highest BCUT2D eigenvalue weighted by molar-refractivity contribution is 6.00. The van der Waals surface area contributed by atoms with E-state index in [0.29, 0.717) is 23.5 Å². The van der Waals surface area contributed by atoms with E-state index in [1.165, 1.54) is 0 Å². The highest BCUT2D eigenvalue weighted by Gasteiger charge is 2.27. The van der Waals surface area contributed by atoms with E-state index < -0.39 is 17.9 Å². The predicted molar refractivity (Wildman–Crippen MR) is 85.5 cm³/mol. The summed E-state index contributed by atoms with van der Waals surface area (Å²) in [5.41, 5.74) is 1.12. The summed E-state index contributed by atoms with van der Waals surface area (Å²) in [5, 5.41) is 11.8. The molecule has 0 spiro atoms. The van der Waals surface area contributed by atoms with E-state index in [2.05, 4.69) is 5.32 Å².